The lowest BCUT2D eigenvalue weighted by Crippen LogP contribution is -2.33. The Balaban J connectivity index is 1.21. The first-order valence-corrected chi connectivity index (χ1v) is 20.8. The van der Waals surface area contributed by atoms with Crippen molar-refractivity contribution in [3.05, 3.63) is 78.1 Å². The minimum Gasteiger partial charge on any atom is -0.426 e. The van der Waals surface area contributed by atoms with Gasteiger partial charge >= 0.3 is 39.3 Å². The van der Waals surface area contributed by atoms with Crippen molar-refractivity contribution < 1.29 is 59.3 Å². The highest BCUT2D eigenvalue weighted by molar-refractivity contribution is 7.66. The molecule has 0 spiro atoms. The van der Waals surface area contributed by atoms with Crippen LogP contribution < -0.4 is 15.8 Å². The maximum absolute atomic E-state index is 13.6. The number of benzene rings is 1. The van der Waals surface area contributed by atoms with E-state index < -0.39 is 74.5 Å². The quantitative estimate of drug-likeness (QED) is 0.135. The molecular weight excluding hydrogens is 825 g/mol. The van der Waals surface area contributed by atoms with E-state index in [1.165, 1.54) is 45.1 Å². The third-order valence-corrected chi connectivity index (χ3v) is 14.4. The molecule has 3 heterocycles. The summed E-state index contributed by atoms with van der Waals surface area (Å²) in [5.41, 5.74) is 0.496. The van der Waals surface area contributed by atoms with Gasteiger partial charge in [0.05, 0.1) is 34.2 Å². The Kier molecular flexibility index (Phi) is 14.0. The summed E-state index contributed by atoms with van der Waals surface area (Å²) in [5.74, 6) is -0.269. The molecule has 18 nitrogen and oxygen atoms in total. The molecule has 1 fully saturated rings. The van der Waals surface area contributed by atoms with Gasteiger partial charge in [-0.3, -0.25) is 23.7 Å². The number of carbonyl (C=O) groups is 1. The molecule has 7 unspecified atom stereocenters. The number of H-pyrrole nitrogens is 1. The second kappa shape index (κ2) is 17.6. The molecule has 53 heavy (non-hydrogen) atoms. The van der Waals surface area contributed by atoms with Crippen molar-refractivity contribution in [3.8, 4) is 5.75 Å². The third kappa shape index (κ3) is 9.44. The van der Waals surface area contributed by atoms with Gasteiger partial charge in [-0.05, 0) is 36.8 Å². The Hall–Kier alpha value is -1.78. The number of Topliss-reactive ketones (excluding diaryl/α,β-unsaturated/α-hetero) is 1. The van der Waals surface area contributed by atoms with Crippen molar-refractivity contribution in [1.82, 2.24) is 9.55 Å². The van der Waals surface area contributed by atoms with Crippen molar-refractivity contribution in [3.63, 3.8) is 0 Å². The second-order valence-corrected chi connectivity index (χ2v) is 18.6. The Morgan fingerprint density at radius 1 is 1.08 bits per heavy atom. The van der Waals surface area contributed by atoms with E-state index in [0.717, 1.165) is 7.11 Å². The minimum absolute atomic E-state index is 0.0351. The van der Waals surface area contributed by atoms with Crippen LogP contribution in [0.1, 0.15) is 37.6 Å². The van der Waals surface area contributed by atoms with E-state index in [0.29, 0.717) is 22.5 Å². The normalized spacial score (nSPS) is 23.7. The van der Waals surface area contributed by atoms with E-state index in [-0.39, 0.29) is 34.4 Å². The van der Waals surface area contributed by atoms with E-state index in [2.05, 4.69) is 9.98 Å². The molecule has 1 aromatic heterocycles. The molecule has 0 bridgehead atoms. The van der Waals surface area contributed by atoms with E-state index in [4.69, 9.17) is 68.0 Å². The van der Waals surface area contributed by atoms with Gasteiger partial charge in [0.15, 0.2) is 0 Å². The number of nitrogens with one attached hydrogen (secondary N) is 1. The molecule has 1 aliphatic carbocycles. The van der Waals surface area contributed by atoms with Gasteiger partial charge in [-0.15, -0.1) is 0 Å². The standard InChI is InChI=1S/C29H35Cl2N3O15P4/c1-15-13-34(28(38)33-27(15)37)23-12-21(35)22(45-23)14-44-50(40-4)47-52(42-6)49-53(39,43-7)48-51(41-5)46-16-8-9-19-17(10-16)29(2,3)24-20(32-19)11-18(30)26(36)25(24)31/h8-11,13,21-23,35H,12,14H2,1-7H3,(H,33,37,38). The summed E-state index contributed by atoms with van der Waals surface area (Å²) < 4.78 is 69.6. The first-order valence-electron chi connectivity index (χ1n) is 15.3. The van der Waals surface area contributed by atoms with Crippen molar-refractivity contribution in [2.75, 3.05) is 35.0 Å². The monoisotopic (exact) mass is 859 g/mol. The number of nitrogens with zero attached hydrogens (tertiary/aromatic N) is 2. The van der Waals surface area contributed by atoms with Crippen LogP contribution in [0, 0.1) is 6.92 Å². The van der Waals surface area contributed by atoms with Gasteiger partial charge in [-0.25, -0.2) is 27.3 Å². The number of hydrogen-bond acceptors (Lipinski definition) is 16. The maximum Gasteiger partial charge on any atom is 0.489 e. The zero-order chi connectivity index (χ0) is 38.8. The number of aliphatic hydroxyl groups excluding tert-OH is 1. The van der Waals surface area contributed by atoms with E-state index in [1.54, 1.807) is 18.2 Å². The molecule has 7 atom stereocenters. The Bertz CT molecular complexity index is 1990. The smallest absolute Gasteiger partial charge is 0.426 e. The van der Waals surface area contributed by atoms with Crippen LogP contribution in [-0.4, -0.2) is 73.4 Å². The SMILES string of the molecule is COP(OCC1OC(n2cc(C)c(=O)[nH]c2=O)CC1O)OP(OC)OP(=O)(OC)OP(OC)Oc1ccc2c(c1)C(C)(C)C1=C(Cl)C(=O)C(Cl)=CC1=N2. The molecule has 2 N–H and O–H groups in total. The number of halogens is 2. The Labute approximate surface area is 316 Å². The lowest BCUT2D eigenvalue weighted by molar-refractivity contribution is -0.111. The molecule has 0 radical (unpaired) electrons. The summed E-state index contributed by atoms with van der Waals surface area (Å²) in [5, 5.41) is 10.5. The molecule has 24 heteroatoms. The highest BCUT2D eigenvalue weighted by atomic mass is 35.5. The number of fused-ring (bicyclic) bond motifs is 2. The molecule has 5 rings (SSSR count). The van der Waals surface area contributed by atoms with Crippen LogP contribution in [0.2, 0.25) is 0 Å². The highest BCUT2D eigenvalue weighted by Crippen LogP contribution is 2.70. The fraction of sp³-hybridized carbons (Fsp3) is 0.448. The predicted octanol–water partition coefficient (Wildman–Crippen LogP) is 6.58. The highest BCUT2D eigenvalue weighted by Gasteiger charge is 2.43. The van der Waals surface area contributed by atoms with Crippen LogP contribution in [0.5, 0.6) is 5.75 Å². The molecule has 0 saturated carbocycles. The average molecular weight is 860 g/mol. The van der Waals surface area contributed by atoms with Crippen LogP contribution in [0.3, 0.4) is 0 Å². The van der Waals surface area contributed by atoms with Crippen LogP contribution in [0.15, 0.2) is 60.7 Å². The van der Waals surface area contributed by atoms with Gasteiger partial charge in [-0.1, -0.05) is 37.0 Å². The second-order valence-electron chi connectivity index (χ2n) is 11.7. The number of rotatable bonds is 16. The first-order chi connectivity index (χ1) is 25.0. The number of ketones is 1. The number of aliphatic imine (C=N–C) groups is 1. The molecule has 3 aliphatic rings. The van der Waals surface area contributed by atoms with Crippen molar-refractivity contribution in [2.45, 2.75) is 51.0 Å². The summed E-state index contributed by atoms with van der Waals surface area (Å²) in [6, 6.07) is 4.94. The molecule has 1 aromatic carbocycles. The third-order valence-electron chi connectivity index (χ3n) is 7.98. The van der Waals surface area contributed by atoms with E-state index in [1.807, 2.05) is 13.8 Å². The summed E-state index contributed by atoms with van der Waals surface area (Å²) in [6.07, 6.45) is 0.0315. The number of carbonyl (C=O) groups excluding carboxylic acids is 1. The lowest BCUT2D eigenvalue weighted by atomic mass is 9.71. The van der Waals surface area contributed by atoms with Gasteiger partial charge < -0.3 is 32.5 Å². The van der Waals surface area contributed by atoms with Crippen molar-refractivity contribution >= 4 is 74.0 Å². The number of aliphatic hydroxyl groups is 1. The average Bonchev–Trinajstić information content (AvgIpc) is 3.49. The number of hydrogen-bond donors (Lipinski definition) is 2. The van der Waals surface area contributed by atoms with E-state index >= 15 is 0 Å². The van der Waals surface area contributed by atoms with Gasteiger partial charge in [0.2, 0.25) is 5.78 Å². The number of ether oxygens (including phenoxy) is 1. The predicted molar refractivity (Wildman–Crippen MR) is 195 cm³/mol. The van der Waals surface area contributed by atoms with Gasteiger partial charge in [0.1, 0.15) is 18.1 Å². The van der Waals surface area contributed by atoms with Crippen molar-refractivity contribution in [1.29, 1.82) is 0 Å². The van der Waals surface area contributed by atoms with Gasteiger partial charge in [0, 0.05) is 57.6 Å². The lowest BCUT2D eigenvalue weighted by Gasteiger charge is -2.36. The molecule has 2 aromatic rings. The van der Waals surface area contributed by atoms with Crippen molar-refractivity contribution in [2.24, 2.45) is 4.99 Å². The molecule has 2 aliphatic heterocycles. The van der Waals surface area contributed by atoms with Crippen LogP contribution in [-0.2, 0) is 55.1 Å². The largest absolute Gasteiger partial charge is 0.489 e. The molecule has 1 saturated heterocycles. The molecular formula is C29H35Cl2N3O15P4. The number of allylic oxidation sites excluding steroid dienone is 4. The first kappa shape index (κ1) is 42.4. The minimum atomic E-state index is -4.51. The van der Waals surface area contributed by atoms with Crippen LogP contribution in [0.4, 0.5) is 5.69 Å². The summed E-state index contributed by atoms with van der Waals surface area (Å²) in [6.45, 7) is 5.02. The zero-order valence-corrected chi connectivity index (χ0v) is 34.2. The Morgan fingerprint density at radius 2 is 1.75 bits per heavy atom. The van der Waals surface area contributed by atoms with E-state index in [9.17, 15) is 24.1 Å². The maximum atomic E-state index is 13.6. The number of aromatic amines is 1. The number of aromatic nitrogens is 2. The summed E-state index contributed by atoms with van der Waals surface area (Å²) in [4.78, 5) is 43.4. The summed E-state index contributed by atoms with van der Waals surface area (Å²) in [7, 11) is -6.91. The summed E-state index contributed by atoms with van der Waals surface area (Å²) >= 11 is 12.5. The Morgan fingerprint density at radius 3 is 2.42 bits per heavy atom. The zero-order valence-electron chi connectivity index (χ0n) is 29.1. The fourth-order valence-corrected chi connectivity index (χ4v) is 11.2. The van der Waals surface area contributed by atoms with Crippen LogP contribution in [0.25, 0.3) is 0 Å². The molecule has 0 amide bonds. The van der Waals surface area contributed by atoms with Crippen LogP contribution >= 0.6 is 56.8 Å². The number of phosphoric acid groups is 1. The van der Waals surface area contributed by atoms with Gasteiger partial charge in [-0.2, -0.15) is 0 Å². The molecule has 290 valence electrons. The van der Waals surface area contributed by atoms with Gasteiger partial charge in [0.25, 0.3) is 5.56 Å². The topological polar surface area (TPSA) is 214 Å². The number of aryl methyl sites for hydroxylation is 1. The fourth-order valence-electron chi connectivity index (χ4n) is 5.34.